The fraction of sp³-hybridized carbons (Fsp3) is 0.300. The van der Waals surface area contributed by atoms with Gasteiger partial charge in [-0.25, -0.2) is 18.0 Å². The van der Waals surface area contributed by atoms with Crippen LogP contribution in [0.2, 0.25) is 0 Å². The third-order valence-corrected chi connectivity index (χ3v) is 5.50. The highest BCUT2D eigenvalue weighted by atomic mass is 32.2. The van der Waals surface area contributed by atoms with Crippen LogP contribution in [-0.4, -0.2) is 40.1 Å². The van der Waals surface area contributed by atoms with Crippen molar-refractivity contribution >= 4 is 21.8 Å². The number of hydrogen-bond acceptors (Lipinski definition) is 5. The molecule has 7 nitrogen and oxygen atoms in total. The number of benzene rings is 2. The van der Waals surface area contributed by atoms with Crippen molar-refractivity contribution in [1.29, 1.82) is 0 Å². The highest BCUT2D eigenvalue weighted by molar-refractivity contribution is 7.90. The SMILES string of the molecule is CCNC(=O)NCCCOC(=O)c1cccc(CS(=O)(=O)c2ccccc2)c1. The van der Waals surface area contributed by atoms with E-state index in [1.807, 2.05) is 6.92 Å². The number of esters is 1. The molecule has 0 aliphatic rings. The molecule has 0 fully saturated rings. The van der Waals surface area contributed by atoms with E-state index in [2.05, 4.69) is 10.6 Å². The predicted octanol–water partition coefficient (Wildman–Crippen LogP) is 2.53. The number of urea groups is 1. The molecule has 8 heteroatoms. The van der Waals surface area contributed by atoms with Gasteiger partial charge in [0.25, 0.3) is 0 Å². The summed E-state index contributed by atoms with van der Waals surface area (Å²) in [6, 6.07) is 14.3. The van der Waals surface area contributed by atoms with Crippen LogP contribution in [0.25, 0.3) is 0 Å². The zero-order chi connectivity index (χ0) is 20.4. The molecular formula is C20H24N2O5S. The van der Waals surface area contributed by atoms with E-state index in [1.165, 1.54) is 6.07 Å². The Bertz CT molecular complexity index is 898. The minimum Gasteiger partial charge on any atom is -0.462 e. The van der Waals surface area contributed by atoms with Crippen LogP contribution >= 0.6 is 0 Å². The fourth-order valence-electron chi connectivity index (χ4n) is 2.46. The molecule has 0 bridgehead atoms. The van der Waals surface area contributed by atoms with Crippen LogP contribution in [-0.2, 0) is 20.3 Å². The first-order chi connectivity index (χ1) is 13.4. The lowest BCUT2D eigenvalue weighted by atomic mass is 10.1. The van der Waals surface area contributed by atoms with Gasteiger partial charge in [0.05, 0.1) is 22.8 Å². The van der Waals surface area contributed by atoms with Crippen molar-refractivity contribution in [3.8, 4) is 0 Å². The van der Waals surface area contributed by atoms with Gasteiger partial charge in [-0.2, -0.15) is 0 Å². The zero-order valence-electron chi connectivity index (χ0n) is 15.7. The van der Waals surface area contributed by atoms with Crippen LogP contribution in [0, 0.1) is 0 Å². The first-order valence-corrected chi connectivity index (χ1v) is 10.6. The lowest BCUT2D eigenvalue weighted by molar-refractivity contribution is 0.0501. The number of amides is 2. The van der Waals surface area contributed by atoms with E-state index in [-0.39, 0.29) is 28.8 Å². The highest BCUT2D eigenvalue weighted by Crippen LogP contribution is 2.17. The summed E-state index contributed by atoms with van der Waals surface area (Å²) >= 11 is 0. The standard InChI is InChI=1S/C20H24N2O5S/c1-2-21-20(24)22-12-7-13-27-19(23)17-9-6-8-16(14-17)15-28(25,26)18-10-4-3-5-11-18/h3-6,8-11,14H,2,7,12-13,15H2,1H3,(H2,21,22,24). The molecule has 0 unspecified atom stereocenters. The van der Waals surface area contributed by atoms with E-state index < -0.39 is 15.8 Å². The molecule has 0 aromatic heterocycles. The zero-order valence-corrected chi connectivity index (χ0v) is 16.5. The van der Waals surface area contributed by atoms with Crippen LogP contribution in [0.15, 0.2) is 59.5 Å². The Kier molecular flexibility index (Phi) is 8.01. The van der Waals surface area contributed by atoms with Crippen molar-refractivity contribution in [3.05, 3.63) is 65.7 Å². The van der Waals surface area contributed by atoms with E-state index in [0.29, 0.717) is 25.1 Å². The Labute approximate surface area is 165 Å². The first-order valence-electron chi connectivity index (χ1n) is 8.98. The molecule has 0 aliphatic carbocycles. The summed E-state index contributed by atoms with van der Waals surface area (Å²) in [5.41, 5.74) is 0.800. The van der Waals surface area contributed by atoms with Crippen molar-refractivity contribution in [3.63, 3.8) is 0 Å². The molecule has 0 spiro atoms. The molecule has 0 aliphatic heterocycles. The van der Waals surface area contributed by atoms with E-state index in [9.17, 15) is 18.0 Å². The largest absolute Gasteiger partial charge is 0.462 e. The molecule has 0 radical (unpaired) electrons. The van der Waals surface area contributed by atoms with Crippen LogP contribution < -0.4 is 10.6 Å². The predicted molar refractivity (Wildman–Crippen MR) is 106 cm³/mol. The molecular weight excluding hydrogens is 380 g/mol. The average molecular weight is 404 g/mol. The number of rotatable bonds is 9. The van der Waals surface area contributed by atoms with Gasteiger partial charge in [0.15, 0.2) is 9.84 Å². The highest BCUT2D eigenvalue weighted by Gasteiger charge is 2.16. The molecule has 150 valence electrons. The Hall–Kier alpha value is -2.87. The smallest absolute Gasteiger partial charge is 0.338 e. The molecule has 2 amide bonds. The normalized spacial score (nSPS) is 10.9. The van der Waals surface area contributed by atoms with Gasteiger partial charge in [-0.15, -0.1) is 0 Å². The van der Waals surface area contributed by atoms with Crippen LogP contribution in [0.1, 0.15) is 29.3 Å². The maximum Gasteiger partial charge on any atom is 0.338 e. The number of hydrogen-bond donors (Lipinski definition) is 2. The Morgan fingerprint density at radius 3 is 2.46 bits per heavy atom. The van der Waals surface area contributed by atoms with Crippen LogP contribution in [0.5, 0.6) is 0 Å². The lowest BCUT2D eigenvalue weighted by Crippen LogP contribution is -2.36. The quantitative estimate of drug-likeness (QED) is 0.494. The van der Waals surface area contributed by atoms with Crippen molar-refractivity contribution in [2.45, 2.75) is 24.0 Å². The van der Waals surface area contributed by atoms with E-state index in [0.717, 1.165) is 0 Å². The molecule has 0 atom stereocenters. The summed E-state index contributed by atoms with van der Waals surface area (Å²) in [5, 5.41) is 5.24. The summed E-state index contributed by atoms with van der Waals surface area (Å²) in [5.74, 6) is -0.730. The molecule has 2 aromatic carbocycles. The second kappa shape index (κ2) is 10.5. The molecule has 0 heterocycles. The molecule has 2 aromatic rings. The van der Waals surface area contributed by atoms with Gasteiger partial charge >= 0.3 is 12.0 Å². The molecule has 2 N–H and O–H groups in total. The topological polar surface area (TPSA) is 102 Å². The monoisotopic (exact) mass is 404 g/mol. The Balaban J connectivity index is 1.88. The lowest BCUT2D eigenvalue weighted by Gasteiger charge is -2.08. The maximum atomic E-state index is 12.5. The van der Waals surface area contributed by atoms with E-state index >= 15 is 0 Å². The number of ether oxygens (including phenoxy) is 1. The second-order valence-electron chi connectivity index (χ2n) is 6.05. The average Bonchev–Trinajstić information content (AvgIpc) is 2.68. The van der Waals surface area contributed by atoms with Crippen LogP contribution in [0.3, 0.4) is 0 Å². The van der Waals surface area contributed by atoms with E-state index in [4.69, 9.17) is 4.74 Å². The summed E-state index contributed by atoms with van der Waals surface area (Å²) in [6.45, 7) is 2.89. The molecule has 0 saturated carbocycles. The van der Waals surface area contributed by atoms with Gasteiger partial charge in [-0.1, -0.05) is 30.3 Å². The summed E-state index contributed by atoms with van der Waals surface area (Å²) < 4.78 is 30.1. The van der Waals surface area contributed by atoms with Crippen molar-refractivity contribution in [2.75, 3.05) is 19.7 Å². The second-order valence-corrected chi connectivity index (χ2v) is 8.04. The number of sulfone groups is 1. The molecule has 28 heavy (non-hydrogen) atoms. The summed E-state index contributed by atoms with van der Waals surface area (Å²) in [7, 11) is -3.49. The Morgan fingerprint density at radius 1 is 1.00 bits per heavy atom. The summed E-state index contributed by atoms with van der Waals surface area (Å²) in [4.78, 5) is 23.6. The van der Waals surface area contributed by atoms with E-state index in [1.54, 1.807) is 48.5 Å². The first kappa shape index (κ1) is 21.4. The minimum atomic E-state index is -3.49. The van der Waals surface area contributed by atoms with Gasteiger partial charge in [0, 0.05) is 13.1 Å². The van der Waals surface area contributed by atoms with Crippen molar-refractivity contribution in [2.24, 2.45) is 0 Å². The third kappa shape index (κ3) is 6.70. The third-order valence-electron chi connectivity index (χ3n) is 3.80. The van der Waals surface area contributed by atoms with Gasteiger partial charge in [-0.3, -0.25) is 0 Å². The van der Waals surface area contributed by atoms with Gasteiger partial charge in [0.1, 0.15) is 0 Å². The Morgan fingerprint density at radius 2 is 1.75 bits per heavy atom. The van der Waals surface area contributed by atoms with Crippen molar-refractivity contribution in [1.82, 2.24) is 10.6 Å². The molecule has 2 rings (SSSR count). The number of carbonyl (C=O) groups excluding carboxylic acids is 2. The van der Waals surface area contributed by atoms with Gasteiger partial charge in [0.2, 0.25) is 0 Å². The minimum absolute atomic E-state index is 0.151. The number of nitrogens with one attached hydrogen (secondary N) is 2. The van der Waals surface area contributed by atoms with Gasteiger partial charge in [-0.05, 0) is 43.2 Å². The summed E-state index contributed by atoms with van der Waals surface area (Å²) in [6.07, 6.45) is 0.477. The van der Waals surface area contributed by atoms with Crippen LogP contribution in [0.4, 0.5) is 4.79 Å². The fourth-order valence-corrected chi connectivity index (χ4v) is 3.82. The van der Waals surface area contributed by atoms with Gasteiger partial charge < -0.3 is 15.4 Å². The van der Waals surface area contributed by atoms with Crippen molar-refractivity contribution < 1.29 is 22.7 Å². The maximum absolute atomic E-state index is 12.5. The number of carbonyl (C=O) groups is 2. The molecule has 0 saturated heterocycles.